The van der Waals surface area contributed by atoms with Crippen LogP contribution in [0, 0.1) is 17.8 Å². The number of carbonyl (C=O) groups excluding carboxylic acids is 2. The highest BCUT2D eigenvalue weighted by atomic mass is 16.5. The van der Waals surface area contributed by atoms with Crippen molar-refractivity contribution < 1.29 is 14.3 Å². The summed E-state index contributed by atoms with van der Waals surface area (Å²) in [5.41, 5.74) is 12.9. The minimum absolute atomic E-state index is 0.00778. The van der Waals surface area contributed by atoms with Crippen LogP contribution in [-0.4, -0.2) is 67.3 Å². The van der Waals surface area contributed by atoms with Crippen LogP contribution >= 0.6 is 0 Å². The maximum absolute atomic E-state index is 13.7. The second-order valence-corrected chi connectivity index (χ2v) is 13.4. The molecule has 2 bridgehead atoms. The number of likely N-dealkylation sites (tertiary alicyclic amines) is 1. The molecule has 2 saturated carbocycles. The Kier molecular flexibility index (Phi) is 6.02. The Balaban J connectivity index is 1.13. The number of methoxy groups -OCH3 is 1. The molecule has 4 atom stereocenters. The van der Waals surface area contributed by atoms with E-state index in [0.717, 1.165) is 70.0 Å². The molecule has 2 aliphatic heterocycles. The van der Waals surface area contributed by atoms with E-state index in [2.05, 4.69) is 38.4 Å². The van der Waals surface area contributed by atoms with Gasteiger partial charge < -0.3 is 24.5 Å². The number of imidazole rings is 1. The fourth-order valence-electron chi connectivity index (χ4n) is 7.87. The summed E-state index contributed by atoms with van der Waals surface area (Å²) in [5, 5.41) is 1.03. The van der Waals surface area contributed by atoms with Crippen molar-refractivity contribution in [3.63, 3.8) is 0 Å². The summed E-state index contributed by atoms with van der Waals surface area (Å²) in [6.07, 6.45) is 13.9. The number of hydrogen-bond donors (Lipinski definition) is 1. The van der Waals surface area contributed by atoms with E-state index in [1.165, 1.54) is 18.9 Å². The number of fused-ring (bicyclic) bond motifs is 5. The van der Waals surface area contributed by atoms with Gasteiger partial charge in [-0.2, -0.15) is 0 Å². The number of rotatable bonds is 6. The van der Waals surface area contributed by atoms with Gasteiger partial charge in [-0.3, -0.25) is 9.59 Å². The van der Waals surface area contributed by atoms with Crippen LogP contribution in [0.4, 0.5) is 0 Å². The van der Waals surface area contributed by atoms with Crippen LogP contribution in [0.1, 0.15) is 41.7 Å². The minimum Gasteiger partial charge on any atom is -0.494 e. The van der Waals surface area contributed by atoms with E-state index in [1.54, 1.807) is 7.11 Å². The van der Waals surface area contributed by atoms with E-state index in [4.69, 9.17) is 20.4 Å². The van der Waals surface area contributed by atoms with Crippen molar-refractivity contribution >= 4 is 45.2 Å². The summed E-state index contributed by atoms with van der Waals surface area (Å²) in [4.78, 5) is 42.2. The van der Waals surface area contributed by atoms with E-state index >= 15 is 0 Å². The quantitative estimate of drug-likeness (QED) is 0.337. The lowest BCUT2D eigenvalue weighted by Gasteiger charge is -2.27. The molecule has 0 spiro atoms. The first-order valence-electron chi connectivity index (χ1n) is 16.2. The van der Waals surface area contributed by atoms with Crippen LogP contribution < -0.4 is 10.5 Å². The van der Waals surface area contributed by atoms with Crippen molar-refractivity contribution in [3.8, 4) is 17.3 Å². The number of aliphatic imine (C=N–C) groups is 1. The molecule has 10 heteroatoms. The summed E-state index contributed by atoms with van der Waals surface area (Å²) >= 11 is 0. The lowest BCUT2D eigenvalue weighted by molar-refractivity contribution is -0.113. The first-order chi connectivity index (χ1) is 22.4. The molecule has 2 amide bonds. The molecule has 3 unspecified atom stereocenters. The number of piperidine rings is 1. The zero-order valence-electron chi connectivity index (χ0n) is 25.9. The maximum atomic E-state index is 13.7. The van der Waals surface area contributed by atoms with Crippen molar-refractivity contribution in [1.82, 2.24) is 24.0 Å². The molecule has 46 heavy (non-hydrogen) atoms. The van der Waals surface area contributed by atoms with Gasteiger partial charge in [0.25, 0.3) is 11.8 Å². The Morgan fingerprint density at radius 1 is 1.07 bits per heavy atom. The highest BCUT2D eigenvalue weighted by Crippen LogP contribution is 2.40. The smallest absolute Gasteiger partial charge is 0.269 e. The van der Waals surface area contributed by atoms with Crippen molar-refractivity contribution in [2.45, 2.75) is 44.3 Å². The lowest BCUT2D eigenvalue weighted by atomic mass is 9.91. The molecule has 5 heterocycles. The first-order valence-corrected chi connectivity index (χ1v) is 16.2. The van der Waals surface area contributed by atoms with Crippen molar-refractivity contribution in [2.75, 3.05) is 13.7 Å². The molecule has 4 aromatic rings. The molecule has 232 valence electrons. The standard InChI is InChI=1S/C36H35N7O3/c1-41-33-27(14-24(16-30(33)46-2)36(45)43-18-23-8-11-28(43)32(23)37)40-35(41)29-15-22-7-10-25(39-34(22)42(29)17-19-3-4-19)21-6-5-20-9-12-31(44)38-26(20)13-21/h5-7,9-10,12-16,19-20,23,28,32H,3-4,8,11,17-18,37H2,1-2H3/t20?,23?,28?,32-/m1/s1. The van der Waals surface area contributed by atoms with Crippen LogP contribution in [-0.2, 0) is 18.4 Å². The normalized spacial score (nSPS) is 25.0. The predicted octanol–water partition coefficient (Wildman–Crippen LogP) is 4.68. The molecule has 0 radical (unpaired) electrons. The Morgan fingerprint density at radius 3 is 2.67 bits per heavy atom. The molecule has 3 fully saturated rings. The number of carbonyl (C=O) groups is 2. The molecule has 1 aromatic carbocycles. The Morgan fingerprint density at radius 2 is 1.91 bits per heavy atom. The van der Waals surface area contributed by atoms with Crippen LogP contribution in [0.2, 0.25) is 0 Å². The van der Waals surface area contributed by atoms with Gasteiger partial charge in [0.05, 0.1) is 29.7 Å². The average molecular weight is 614 g/mol. The Bertz CT molecular complexity index is 2110. The largest absolute Gasteiger partial charge is 0.494 e. The van der Waals surface area contributed by atoms with Crippen LogP contribution in [0.5, 0.6) is 5.75 Å². The fraction of sp³-hybridized carbons (Fsp3) is 0.361. The van der Waals surface area contributed by atoms with Gasteiger partial charge in [-0.1, -0.05) is 18.2 Å². The highest BCUT2D eigenvalue weighted by molar-refractivity contribution is 6.15. The molecule has 3 aromatic heterocycles. The van der Waals surface area contributed by atoms with Crippen molar-refractivity contribution in [2.24, 2.45) is 35.5 Å². The van der Waals surface area contributed by atoms with Crippen LogP contribution in [0.15, 0.2) is 65.7 Å². The summed E-state index contributed by atoms with van der Waals surface area (Å²) < 4.78 is 10.2. The zero-order chi connectivity index (χ0) is 31.3. The summed E-state index contributed by atoms with van der Waals surface area (Å²) in [6.45, 7) is 1.56. The number of allylic oxidation sites excluding steroid dienone is 5. The number of amides is 2. The number of hydrogen-bond acceptors (Lipinski definition) is 6. The van der Waals surface area contributed by atoms with Gasteiger partial charge >= 0.3 is 0 Å². The Hall–Kier alpha value is -4.83. The maximum Gasteiger partial charge on any atom is 0.269 e. The molecule has 2 N–H and O–H groups in total. The number of aryl methyl sites for hydroxylation is 1. The third kappa shape index (κ3) is 4.23. The Labute approximate surface area is 265 Å². The third-order valence-electron chi connectivity index (χ3n) is 10.5. The second-order valence-electron chi connectivity index (χ2n) is 13.4. The summed E-state index contributed by atoms with van der Waals surface area (Å²) in [6, 6.07) is 10.2. The summed E-state index contributed by atoms with van der Waals surface area (Å²) in [7, 11) is 3.64. The molecule has 9 rings (SSSR count). The monoisotopic (exact) mass is 613 g/mol. The van der Waals surface area contributed by atoms with Gasteiger partial charge in [0.1, 0.15) is 16.9 Å². The molecule has 3 aliphatic carbocycles. The SMILES string of the molecule is COc1cc(C(=O)N2CC3CCC2[C@@H]3N)cc2nc(-c3cc4ccc(C5=CC6=NC(=O)C=CC6C=C5)nc4n3CC3CC3)n(C)c12. The molecular formula is C36H35N7O3. The van der Waals surface area contributed by atoms with Gasteiger partial charge in [0.15, 0.2) is 5.82 Å². The van der Waals surface area contributed by atoms with Gasteiger partial charge in [-0.15, -0.1) is 0 Å². The topological polar surface area (TPSA) is 121 Å². The number of pyridine rings is 1. The second kappa shape index (κ2) is 10.1. The highest BCUT2D eigenvalue weighted by Gasteiger charge is 2.47. The number of dihydropyridines is 1. The van der Waals surface area contributed by atoms with Gasteiger partial charge in [-0.25, -0.2) is 15.0 Å². The van der Waals surface area contributed by atoms with Crippen molar-refractivity contribution in [3.05, 3.63) is 72.0 Å². The average Bonchev–Trinajstić information content (AvgIpc) is 3.47. The van der Waals surface area contributed by atoms with Gasteiger partial charge in [0.2, 0.25) is 0 Å². The number of benzene rings is 1. The number of nitrogens with two attached hydrogens (primary N) is 1. The van der Waals surface area contributed by atoms with Gasteiger partial charge in [-0.05, 0) is 73.9 Å². The molecular weight excluding hydrogens is 578 g/mol. The molecule has 10 nitrogen and oxygen atoms in total. The van der Waals surface area contributed by atoms with E-state index in [9.17, 15) is 9.59 Å². The predicted molar refractivity (Wildman–Crippen MR) is 176 cm³/mol. The first kappa shape index (κ1) is 27.5. The number of ether oxygens (including phenoxy) is 1. The van der Waals surface area contributed by atoms with Crippen molar-refractivity contribution in [1.29, 1.82) is 0 Å². The van der Waals surface area contributed by atoms with Crippen LogP contribution in [0.25, 0.3) is 39.2 Å². The van der Waals surface area contributed by atoms with E-state index in [1.807, 2.05) is 42.3 Å². The lowest BCUT2D eigenvalue weighted by Crippen LogP contribution is -2.41. The fourth-order valence-corrected chi connectivity index (χ4v) is 7.87. The van der Waals surface area contributed by atoms with E-state index in [-0.39, 0.29) is 29.8 Å². The zero-order valence-corrected chi connectivity index (χ0v) is 25.9. The number of aromatic nitrogens is 4. The molecule has 5 aliphatic rings. The molecule has 1 saturated heterocycles. The summed E-state index contributed by atoms with van der Waals surface area (Å²) in [5.74, 6) is 2.17. The van der Waals surface area contributed by atoms with Gasteiger partial charge in [0, 0.05) is 60.7 Å². The van der Waals surface area contributed by atoms with E-state index < -0.39 is 0 Å². The third-order valence-corrected chi connectivity index (χ3v) is 10.5. The minimum atomic E-state index is -0.230. The van der Waals surface area contributed by atoms with Crippen LogP contribution in [0.3, 0.4) is 0 Å². The van der Waals surface area contributed by atoms with E-state index in [0.29, 0.717) is 29.7 Å². The number of nitrogens with zero attached hydrogens (tertiary/aromatic N) is 6.